The molecule has 2 aromatic heterocycles. The molecule has 0 aromatic carbocycles. The molecule has 2 aromatic rings. The number of H-pyrrole nitrogens is 1. The molecule has 2 rings (SSSR count). The average molecular weight is 258 g/mol. The van der Waals surface area contributed by atoms with Crippen molar-refractivity contribution in [2.45, 2.75) is 33.7 Å². The summed E-state index contributed by atoms with van der Waals surface area (Å²) in [5.74, 6) is 0. The first-order chi connectivity index (χ1) is 9.12. The monoisotopic (exact) mass is 258 g/mol. The standard InChI is InChI=1S/C15H22N4/c1-4-15(2,3)11-17-9-13-10-18-19-14(13)12-6-5-7-16-8-12/h5-8,10,17H,4,9,11H2,1-3H3,(H,18,19). The van der Waals surface area contributed by atoms with E-state index >= 15 is 0 Å². The molecule has 19 heavy (non-hydrogen) atoms. The van der Waals surface area contributed by atoms with Gasteiger partial charge in [-0.3, -0.25) is 10.1 Å². The fourth-order valence-electron chi connectivity index (χ4n) is 1.87. The molecule has 2 heterocycles. The van der Waals surface area contributed by atoms with Crippen molar-refractivity contribution >= 4 is 0 Å². The van der Waals surface area contributed by atoms with Gasteiger partial charge in [0.05, 0.1) is 11.9 Å². The molecule has 0 spiro atoms. The summed E-state index contributed by atoms with van der Waals surface area (Å²) >= 11 is 0. The van der Waals surface area contributed by atoms with Crippen LogP contribution in [0.2, 0.25) is 0 Å². The van der Waals surface area contributed by atoms with E-state index in [2.05, 4.69) is 41.3 Å². The molecule has 0 bridgehead atoms. The Morgan fingerprint density at radius 1 is 1.32 bits per heavy atom. The molecule has 0 radical (unpaired) electrons. The fraction of sp³-hybridized carbons (Fsp3) is 0.467. The van der Waals surface area contributed by atoms with Gasteiger partial charge >= 0.3 is 0 Å². The third-order valence-electron chi connectivity index (χ3n) is 3.54. The Labute approximate surface area is 114 Å². The van der Waals surface area contributed by atoms with Crippen molar-refractivity contribution in [1.29, 1.82) is 0 Å². The lowest BCUT2D eigenvalue weighted by Crippen LogP contribution is -2.28. The van der Waals surface area contributed by atoms with E-state index in [9.17, 15) is 0 Å². The molecule has 0 saturated carbocycles. The minimum atomic E-state index is 0.332. The van der Waals surface area contributed by atoms with Crippen LogP contribution in [-0.2, 0) is 6.54 Å². The SMILES string of the molecule is CCC(C)(C)CNCc1cn[nH]c1-c1cccnc1. The van der Waals surface area contributed by atoms with Crippen molar-refractivity contribution in [2.24, 2.45) is 5.41 Å². The second-order valence-corrected chi connectivity index (χ2v) is 5.63. The fourth-order valence-corrected chi connectivity index (χ4v) is 1.87. The summed E-state index contributed by atoms with van der Waals surface area (Å²) in [6.07, 6.45) is 6.68. The number of hydrogen-bond donors (Lipinski definition) is 2. The average Bonchev–Trinajstić information content (AvgIpc) is 2.88. The lowest BCUT2D eigenvalue weighted by molar-refractivity contribution is 0.328. The van der Waals surface area contributed by atoms with Gasteiger partial charge in [0.15, 0.2) is 0 Å². The zero-order valence-electron chi connectivity index (χ0n) is 11.9. The first kappa shape index (κ1) is 13.7. The summed E-state index contributed by atoms with van der Waals surface area (Å²) in [6.45, 7) is 8.60. The number of rotatable bonds is 6. The Kier molecular flexibility index (Phi) is 4.32. The zero-order valence-corrected chi connectivity index (χ0v) is 11.9. The minimum absolute atomic E-state index is 0.332. The maximum Gasteiger partial charge on any atom is 0.0710 e. The number of hydrogen-bond acceptors (Lipinski definition) is 3. The molecule has 0 amide bonds. The maximum atomic E-state index is 4.15. The van der Waals surface area contributed by atoms with Gasteiger partial charge in [0.1, 0.15) is 0 Å². The molecular formula is C15H22N4. The lowest BCUT2D eigenvalue weighted by Gasteiger charge is -2.22. The zero-order chi connectivity index (χ0) is 13.7. The van der Waals surface area contributed by atoms with Crippen molar-refractivity contribution < 1.29 is 0 Å². The summed E-state index contributed by atoms with van der Waals surface area (Å²) in [6, 6.07) is 3.98. The van der Waals surface area contributed by atoms with Gasteiger partial charge in [0.2, 0.25) is 0 Å². The van der Waals surface area contributed by atoms with E-state index in [-0.39, 0.29) is 0 Å². The molecule has 0 fully saturated rings. The smallest absolute Gasteiger partial charge is 0.0710 e. The highest BCUT2D eigenvalue weighted by atomic mass is 15.1. The molecule has 0 unspecified atom stereocenters. The van der Waals surface area contributed by atoms with E-state index < -0.39 is 0 Å². The van der Waals surface area contributed by atoms with Gasteiger partial charge in [-0.15, -0.1) is 0 Å². The van der Waals surface area contributed by atoms with Crippen molar-refractivity contribution in [3.05, 3.63) is 36.3 Å². The first-order valence-electron chi connectivity index (χ1n) is 6.76. The Hall–Kier alpha value is -1.68. The van der Waals surface area contributed by atoms with Gasteiger partial charge in [-0.1, -0.05) is 20.8 Å². The number of nitrogens with zero attached hydrogens (tertiary/aromatic N) is 2. The normalized spacial score (nSPS) is 11.7. The Morgan fingerprint density at radius 3 is 2.84 bits per heavy atom. The molecule has 4 heteroatoms. The minimum Gasteiger partial charge on any atom is -0.312 e. The van der Waals surface area contributed by atoms with Crippen molar-refractivity contribution in [3.8, 4) is 11.3 Å². The summed E-state index contributed by atoms with van der Waals surface area (Å²) in [4.78, 5) is 4.15. The summed E-state index contributed by atoms with van der Waals surface area (Å²) in [5, 5.41) is 10.7. The maximum absolute atomic E-state index is 4.15. The number of nitrogens with one attached hydrogen (secondary N) is 2. The van der Waals surface area contributed by atoms with Crippen molar-refractivity contribution in [2.75, 3.05) is 6.54 Å². The molecule has 4 nitrogen and oxygen atoms in total. The van der Waals surface area contributed by atoms with Crippen LogP contribution < -0.4 is 5.32 Å². The van der Waals surface area contributed by atoms with Gasteiger partial charge in [-0.2, -0.15) is 5.10 Å². The van der Waals surface area contributed by atoms with Crippen LogP contribution in [0.15, 0.2) is 30.7 Å². The molecule has 102 valence electrons. The van der Waals surface area contributed by atoms with Crippen LogP contribution >= 0.6 is 0 Å². The quantitative estimate of drug-likeness (QED) is 0.837. The molecule has 0 atom stereocenters. The highest BCUT2D eigenvalue weighted by Crippen LogP contribution is 2.21. The number of aromatic amines is 1. The van der Waals surface area contributed by atoms with E-state index in [0.29, 0.717) is 5.41 Å². The Bertz CT molecular complexity index is 502. The molecule has 0 aliphatic rings. The van der Waals surface area contributed by atoms with Gasteiger partial charge in [0.25, 0.3) is 0 Å². The van der Waals surface area contributed by atoms with Crippen LogP contribution in [0, 0.1) is 5.41 Å². The summed E-state index contributed by atoms with van der Waals surface area (Å²) in [7, 11) is 0. The third kappa shape index (κ3) is 3.64. The van der Waals surface area contributed by atoms with E-state index in [4.69, 9.17) is 0 Å². The molecular weight excluding hydrogens is 236 g/mol. The molecule has 2 N–H and O–H groups in total. The predicted octanol–water partition coefficient (Wildman–Crippen LogP) is 3.00. The number of pyridine rings is 1. The van der Waals surface area contributed by atoms with Gasteiger partial charge in [0, 0.05) is 36.6 Å². The summed E-state index contributed by atoms with van der Waals surface area (Å²) < 4.78 is 0. The highest BCUT2D eigenvalue weighted by molar-refractivity contribution is 5.61. The third-order valence-corrected chi connectivity index (χ3v) is 3.54. The first-order valence-corrected chi connectivity index (χ1v) is 6.76. The van der Waals surface area contributed by atoms with Crippen LogP contribution in [0.1, 0.15) is 32.8 Å². The Morgan fingerprint density at radius 2 is 2.16 bits per heavy atom. The summed E-state index contributed by atoms with van der Waals surface area (Å²) in [5.41, 5.74) is 3.64. The van der Waals surface area contributed by atoms with Crippen molar-refractivity contribution in [3.63, 3.8) is 0 Å². The van der Waals surface area contributed by atoms with Gasteiger partial charge in [-0.05, 0) is 24.0 Å². The Balaban J connectivity index is 2.01. The van der Waals surface area contributed by atoms with Gasteiger partial charge in [-0.25, -0.2) is 0 Å². The largest absolute Gasteiger partial charge is 0.312 e. The topological polar surface area (TPSA) is 53.6 Å². The molecule has 0 aliphatic heterocycles. The van der Waals surface area contributed by atoms with E-state index in [1.54, 1.807) is 6.20 Å². The van der Waals surface area contributed by atoms with Crippen LogP contribution in [0.5, 0.6) is 0 Å². The second kappa shape index (κ2) is 5.97. The van der Waals surface area contributed by atoms with E-state index in [1.807, 2.05) is 24.5 Å². The molecule has 0 aliphatic carbocycles. The number of aromatic nitrogens is 3. The molecule has 0 saturated heterocycles. The van der Waals surface area contributed by atoms with Crippen LogP contribution in [0.4, 0.5) is 0 Å². The van der Waals surface area contributed by atoms with E-state index in [0.717, 1.165) is 24.3 Å². The lowest BCUT2D eigenvalue weighted by atomic mass is 9.90. The van der Waals surface area contributed by atoms with Crippen molar-refractivity contribution in [1.82, 2.24) is 20.5 Å². The van der Waals surface area contributed by atoms with Crippen LogP contribution in [0.25, 0.3) is 11.3 Å². The highest BCUT2D eigenvalue weighted by Gasteiger charge is 2.15. The van der Waals surface area contributed by atoms with Crippen LogP contribution in [0.3, 0.4) is 0 Å². The van der Waals surface area contributed by atoms with Gasteiger partial charge < -0.3 is 5.32 Å². The van der Waals surface area contributed by atoms with E-state index in [1.165, 1.54) is 12.0 Å². The second-order valence-electron chi connectivity index (χ2n) is 5.63. The van der Waals surface area contributed by atoms with Crippen LogP contribution in [-0.4, -0.2) is 21.7 Å². The predicted molar refractivity (Wildman–Crippen MR) is 77.6 cm³/mol.